The molecule has 1 heterocycles. The molecule has 0 saturated carbocycles. The van der Waals surface area contributed by atoms with Gasteiger partial charge in [-0.1, -0.05) is 37.3 Å². The highest BCUT2D eigenvalue weighted by molar-refractivity contribution is 5.91. The smallest absolute Gasteiger partial charge is 0.253 e. The van der Waals surface area contributed by atoms with Gasteiger partial charge in [-0.3, -0.25) is 14.2 Å². The number of nitrogens with zero attached hydrogens (tertiary/aromatic N) is 2. The first-order valence-corrected chi connectivity index (χ1v) is 8.70. The van der Waals surface area contributed by atoms with Crippen molar-refractivity contribution < 1.29 is 4.79 Å². The maximum Gasteiger partial charge on any atom is 0.253 e. The Balaban J connectivity index is 1.49. The number of aromatic nitrogens is 2. The predicted molar refractivity (Wildman–Crippen MR) is 101 cm³/mol. The van der Waals surface area contributed by atoms with E-state index in [1.165, 1.54) is 39.2 Å². The molecule has 1 amide bonds. The number of carbonyl (C=O) groups is 1. The molecule has 0 unspecified atom stereocenters. The number of nitrogens with one attached hydrogen (secondary N) is 1. The van der Waals surface area contributed by atoms with Crippen LogP contribution in [0.5, 0.6) is 0 Å². The Morgan fingerprint density at radius 1 is 1.12 bits per heavy atom. The van der Waals surface area contributed by atoms with Crippen LogP contribution in [0, 0.1) is 0 Å². The number of fused-ring (bicyclic) bond motifs is 3. The van der Waals surface area contributed by atoms with Crippen LogP contribution in [0.2, 0.25) is 0 Å². The van der Waals surface area contributed by atoms with Crippen molar-refractivity contribution in [3.8, 4) is 11.1 Å². The lowest BCUT2D eigenvalue weighted by atomic mass is 10.1. The van der Waals surface area contributed by atoms with Crippen molar-refractivity contribution in [1.82, 2.24) is 9.55 Å². The van der Waals surface area contributed by atoms with Gasteiger partial charge in [0.1, 0.15) is 6.54 Å². The molecule has 5 heteroatoms. The van der Waals surface area contributed by atoms with E-state index in [1.807, 2.05) is 37.3 Å². The minimum Gasteiger partial charge on any atom is -0.325 e. The van der Waals surface area contributed by atoms with Gasteiger partial charge in [-0.05, 0) is 47.2 Å². The van der Waals surface area contributed by atoms with Crippen LogP contribution in [-0.2, 0) is 24.2 Å². The van der Waals surface area contributed by atoms with Gasteiger partial charge in [0.05, 0.1) is 6.33 Å². The van der Waals surface area contributed by atoms with E-state index in [-0.39, 0.29) is 18.0 Å². The van der Waals surface area contributed by atoms with Gasteiger partial charge in [0, 0.05) is 17.4 Å². The minimum atomic E-state index is -0.242. The van der Waals surface area contributed by atoms with Gasteiger partial charge in [0.25, 0.3) is 5.56 Å². The van der Waals surface area contributed by atoms with Gasteiger partial charge in [0.2, 0.25) is 5.91 Å². The molecular weight excluding hydrogens is 326 g/mol. The molecule has 26 heavy (non-hydrogen) atoms. The van der Waals surface area contributed by atoms with Crippen LogP contribution < -0.4 is 10.9 Å². The Morgan fingerprint density at radius 3 is 2.73 bits per heavy atom. The second-order valence-corrected chi connectivity index (χ2v) is 6.45. The molecule has 0 saturated heterocycles. The molecule has 0 aliphatic heterocycles. The van der Waals surface area contributed by atoms with E-state index in [9.17, 15) is 9.59 Å². The average molecular weight is 345 g/mol. The van der Waals surface area contributed by atoms with Gasteiger partial charge in [-0.15, -0.1) is 0 Å². The fourth-order valence-corrected chi connectivity index (χ4v) is 3.35. The van der Waals surface area contributed by atoms with Crippen molar-refractivity contribution in [3.05, 3.63) is 82.0 Å². The van der Waals surface area contributed by atoms with Crippen LogP contribution in [0.15, 0.2) is 59.7 Å². The number of aryl methyl sites for hydroxylation is 1. The predicted octanol–water partition coefficient (Wildman–Crippen LogP) is 3.02. The first-order chi connectivity index (χ1) is 12.6. The molecule has 0 radical (unpaired) electrons. The number of hydrogen-bond acceptors (Lipinski definition) is 3. The monoisotopic (exact) mass is 345 g/mol. The Bertz CT molecular complexity index is 1050. The van der Waals surface area contributed by atoms with Crippen molar-refractivity contribution in [2.75, 3.05) is 5.32 Å². The van der Waals surface area contributed by atoms with Crippen LogP contribution in [-0.4, -0.2) is 15.5 Å². The normalized spacial score (nSPS) is 11.7. The summed E-state index contributed by atoms with van der Waals surface area (Å²) in [5.41, 5.74) is 6.24. The highest BCUT2D eigenvalue weighted by Crippen LogP contribution is 2.37. The lowest BCUT2D eigenvalue weighted by Gasteiger charge is -2.09. The maximum absolute atomic E-state index is 12.3. The van der Waals surface area contributed by atoms with Crippen LogP contribution in [0.4, 0.5) is 5.69 Å². The summed E-state index contributed by atoms with van der Waals surface area (Å²) in [6, 6.07) is 15.8. The van der Waals surface area contributed by atoms with Gasteiger partial charge in [0.15, 0.2) is 0 Å². The molecule has 0 fully saturated rings. The second kappa shape index (κ2) is 6.59. The van der Waals surface area contributed by atoms with Gasteiger partial charge >= 0.3 is 0 Å². The molecule has 1 aromatic heterocycles. The van der Waals surface area contributed by atoms with E-state index in [2.05, 4.69) is 22.4 Å². The summed E-state index contributed by atoms with van der Waals surface area (Å²) in [5, 5.41) is 2.88. The van der Waals surface area contributed by atoms with Crippen LogP contribution in [0.25, 0.3) is 11.1 Å². The Labute approximate surface area is 151 Å². The van der Waals surface area contributed by atoms with Crippen molar-refractivity contribution in [2.24, 2.45) is 0 Å². The fraction of sp³-hybridized carbons (Fsp3) is 0.190. The summed E-state index contributed by atoms with van der Waals surface area (Å²) in [7, 11) is 0. The van der Waals surface area contributed by atoms with E-state index >= 15 is 0 Å². The van der Waals surface area contributed by atoms with Gasteiger partial charge < -0.3 is 5.32 Å². The number of amides is 1. The van der Waals surface area contributed by atoms with Crippen molar-refractivity contribution in [3.63, 3.8) is 0 Å². The molecule has 0 spiro atoms. The summed E-state index contributed by atoms with van der Waals surface area (Å²) in [6.45, 7) is 1.89. The zero-order valence-electron chi connectivity index (χ0n) is 14.5. The van der Waals surface area contributed by atoms with Crippen LogP contribution in [0.3, 0.4) is 0 Å². The Morgan fingerprint density at radius 2 is 1.92 bits per heavy atom. The molecule has 0 bridgehead atoms. The molecule has 0 atom stereocenters. The SMILES string of the molecule is CCc1cc(=O)n(CC(=O)Nc2ccc3c(c2)Cc2ccccc2-3)cn1. The lowest BCUT2D eigenvalue weighted by Crippen LogP contribution is -2.27. The van der Waals surface area contributed by atoms with Crippen molar-refractivity contribution in [2.45, 2.75) is 26.3 Å². The number of hydrogen-bond donors (Lipinski definition) is 1. The van der Waals surface area contributed by atoms with E-state index in [0.29, 0.717) is 6.42 Å². The standard InChI is InChI=1S/C21H19N3O2/c1-2-16-11-21(26)24(13-22-16)12-20(25)23-17-7-8-19-15(10-17)9-14-5-3-4-6-18(14)19/h3-8,10-11,13H,2,9,12H2,1H3,(H,23,25). The third-order valence-electron chi connectivity index (χ3n) is 4.69. The summed E-state index contributed by atoms with van der Waals surface area (Å²) < 4.78 is 1.32. The number of rotatable bonds is 4. The molecule has 2 aromatic carbocycles. The molecule has 1 N–H and O–H groups in total. The average Bonchev–Trinajstić information content (AvgIpc) is 3.01. The highest BCUT2D eigenvalue weighted by Gasteiger charge is 2.18. The van der Waals surface area contributed by atoms with E-state index in [1.54, 1.807) is 0 Å². The molecular formula is C21H19N3O2. The van der Waals surface area contributed by atoms with Gasteiger partial charge in [-0.25, -0.2) is 4.98 Å². The molecule has 5 nitrogen and oxygen atoms in total. The molecule has 130 valence electrons. The summed E-state index contributed by atoms with van der Waals surface area (Å²) in [5.74, 6) is -0.242. The zero-order valence-corrected chi connectivity index (χ0v) is 14.5. The number of carbonyl (C=O) groups excluding carboxylic acids is 1. The summed E-state index contributed by atoms with van der Waals surface area (Å²) >= 11 is 0. The van der Waals surface area contributed by atoms with Crippen LogP contribution >= 0.6 is 0 Å². The Hall–Kier alpha value is -3.21. The molecule has 1 aliphatic carbocycles. The first-order valence-electron chi connectivity index (χ1n) is 8.70. The topological polar surface area (TPSA) is 64.0 Å². The van der Waals surface area contributed by atoms with E-state index in [4.69, 9.17) is 0 Å². The van der Waals surface area contributed by atoms with E-state index < -0.39 is 0 Å². The van der Waals surface area contributed by atoms with Crippen LogP contribution in [0.1, 0.15) is 23.7 Å². The first kappa shape index (κ1) is 16.3. The molecule has 3 aromatic rings. The quantitative estimate of drug-likeness (QED) is 0.618. The van der Waals surface area contributed by atoms with E-state index in [0.717, 1.165) is 17.8 Å². The molecule has 1 aliphatic rings. The Kier molecular flexibility index (Phi) is 4.13. The van der Waals surface area contributed by atoms with Gasteiger partial charge in [-0.2, -0.15) is 0 Å². The zero-order chi connectivity index (χ0) is 18.1. The summed E-state index contributed by atoms with van der Waals surface area (Å²) in [6.07, 6.45) is 3.00. The second-order valence-electron chi connectivity index (χ2n) is 6.45. The van der Waals surface area contributed by atoms with Crippen molar-refractivity contribution in [1.29, 1.82) is 0 Å². The number of benzene rings is 2. The van der Waals surface area contributed by atoms with Crippen molar-refractivity contribution >= 4 is 11.6 Å². The summed E-state index contributed by atoms with van der Waals surface area (Å²) in [4.78, 5) is 28.5. The molecule has 4 rings (SSSR count). The number of anilines is 1. The third kappa shape index (κ3) is 3.04. The lowest BCUT2D eigenvalue weighted by molar-refractivity contribution is -0.116. The largest absolute Gasteiger partial charge is 0.325 e. The third-order valence-corrected chi connectivity index (χ3v) is 4.69. The fourth-order valence-electron chi connectivity index (χ4n) is 3.35. The highest BCUT2D eigenvalue weighted by atomic mass is 16.2. The maximum atomic E-state index is 12.3. The minimum absolute atomic E-state index is 0.0485.